The van der Waals surface area contributed by atoms with Crippen LogP contribution in [0.5, 0.6) is 5.75 Å². The molecule has 168 valence electrons. The van der Waals surface area contributed by atoms with E-state index in [1.807, 2.05) is 24.3 Å². The fraction of sp³-hybridized carbons (Fsp3) is 0.407. The number of carbonyl (C=O) groups excluding carboxylic acids is 2. The van der Waals surface area contributed by atoms with Gasteiger partial charge in [-0.05, 0) is 68.9 Å². The lowest BCUT2D eigenvalue weighted by Gasteiger charge is -2.35. The third kappa shape index (κ3) is 5.21. The molecule has 0 atom stereocenters. The third-order valence-electron chi connectivity index (χ3n) is 6.37. The molecule has 4 rings (SSSR count). The van der Waals surface area contributed by atoms with Crippen LogP contribution in [0.3, 0.4) is 0 Å². The average Bonchev–Trinajstić information content (AvgIpc) is 3.25. The highest BCUT2D eigenvalue weighted by molar-refractivity contribution is 6.09. The molecule has 0 saturated heterocycles. The van der Waals surface area contributed by atoms with E-state index in [9.17, 15) is 9.59 Å². The molecule has 1 fully saturated rings. The summed E-state index contributed by atoms with van der Waals surface area (Å²) in [4.78, 5) is 25.6. The second kappa shape index (κ2) is 9.19. The van der Waals surface area contributed by atoms with Crippen molar-refractivity contribution in [1.29, 1.82) is 0 Å². The Balaban J connectivity index is 1.54. The molecule has 1 aliphatic carbocycles. The summed E-state index contributed by atoms with van der Waals surface area (Å²) >= 11 is 0. The van der Waals surface area contributed by atoms with Crippen LogP contribution in [0.1, 0.15) is 67.4 Å². The first-order chi connectivity index (χ1) is 15.3. The Bertz CT molecular complexity index is 1050. The van der Waals surface area contributed by atoms with Crippen molar-refractivity contribution in [2.45, 2.75) is 57.9 Å². The van der Waals surface area contributed by atoms with Crippen LogP contribution < -0.4 is 15.4 Å². The van der Waals surface area contributed by atoms with Gasteiger partial charge in [-0.25, -0.2) is 0 Å². The van der Waals surface area contributed by atoms with Gasteiger partial charge >= 0.3 is 0 Å². The van der Waals surface area contributed by atoms with Crippen molar-refractivity contribution in [3.8, 4) is 5.75 Å². The van der Waals surface area contributed by atoms with Gasteiger partial charge in [0, 0.05) is 40.5 Å². The minimum atomic E-state index is -0.163. The standard InChI is InChI=1S/C27H32N2O3/c1-27(2)17-20-11-12-22(32-3)15-23(20)24(29-27)16-25(30)19-9-6-10-21(14-19)28-26(31)13-18-7-4-5-8-18/h6,9-12,14-16,18,29H,4-5,7-8,13,17H2,1-3H3,(H,28,31). The summed E-state index contributed by atoms with van der Waals surface area (Å²) in [6.07, 6.45) is 7.77. The SMILES string of the molecule is COc1ccc2c(c1)C(=CC(=O)c1cccc(NC(=O)CC3CCCC3)c1)NC(C)(C)C2. The van der Waals surface area contributed by atoms with E-state index in [1.165, 1.54) is 18.4 Å². The zero-order chi connectivity index (χ0) is 22.7. The largest absolute Gasteiger partial charge is 0.497 e. The summed E-state index contributed by atoms with van der Waals surface area (Å²) in [5.74, 6) is 1.17. The minimum absolute atomic E-state index is 0.0246. The summed E-state index contributed by atoms with van der Waals surface area (Å²) in [6.45, 7) is 4.25. The summed E-state index contributed by atoms with van der Waals surface area (Å²) in [7, 11) is 1.64. The van der Waals surface area contributed by atoms with Crippen molar-refractivity contribution in [3.63, 3.8) is 0 Å². The number of allylic oxidation sites excluding steroid dienone is 1. The molecule has 0 aromatic heterocycles. The summed E-state index contributed by atoms with van der Waals surface area (Å²) < 4.78 is 5.39. The van der Waals surface area contributed by atoms with Crippen molar-refractivity contribution in [2.75, 3.05) is 12.4 Å². The molecule has 2 aliphatic rings. The number of hydrogen-bond acceptors (Lipinski definition) is 4. The zero-order valence-corrected chi connectivity index (χ0v) is 19.2. The van der Waals surface area contributed by atoms with Gasteiger partial charge in [0.05, 0.1) is 7.11 Å². The van der Waals surface area contributed by atoms with Gasteiger partial charge < -0.3 is 15.4 Å². The molecular formula is C27H32N2O3. The molecule has 0 radical (unpaired) electrons. The van der Waals surface area contributed by atoms with Gasteiger partial charge in [0.1, 0.15) is 5.75 Å². The fourth-order valence-corrected chi connectivity index (χ4v) is 4.81. The molecule has 1 aliphatic heterocycles. The molecule has 2 aromatic rings. The van der Waals surface area contributed by atoms with E-state index >= 15 is 0 Å². The van der Waals surface area contributed by atoms with Crippen LogP contribution in [-0.2, 0) is 11.2 Å². The number of nitrogens with one attached hydrogen (secondary N) is 2. The van der Waals surface area contributed by atoms with Gasteiger partial charge in [-0.2, -0.15) is 0 Å². The Morgan fingerprint density at radius 1 is 1.16 bits per heavy atom. The van der Waals surface area contributed by atoms with E-state index < -0.39 is 0 Å². The minimum Gasteiger partial charge on any atom is -0.497 e. The van der Waals surface area contributed by atoms with E-state index in [2.05, 4.69) is 30.5 Å². The van der Waals surface area contributed by atoms with Gasteiger partial charge in [-0.15, -0.1) is 0 Å². The molecule has 5 nitrogen and oxygen atoms in total. The number of ether oxygens (including phenoxy) is 1. The van der Waals surface area contributed by atoms with Crippen molar-refractivity contribution >= 4 is 23.1 Å². The van der Waals surface area contributed by atoms with Gasteiger partial charge in [0.25, 0.3) is 0 Å². The first-order valence-corrected chi connectivity index (χ1v) is 11.4. The number of fused-ring (bicyclic) bond motifs is 1. The lowest BCUT2D eigenvalue weighted by molar-refractivity contribution is -0.117. The van der Waals surface area contributed by atoms with E-state index in [4.69, 9.17) is 4.74 Å². The predicted molar refractivity (Wildman–Crippen MR) is 128 cm³/mol. The lowest BCUT2D eigenvalue weighted by Crippen LogP contribution is -2.43. The maximum Gasteiger partial charge on any atom is 0.224 e. The van der Waals surface area contributed by atoms with Crippen molar-refractivity contribution in [1.82, 2.24) is 5.32 Å². The second-order valence-corrected chi connectivity index (χ2v) is 9.61. The first kappa shape index (κ1) is 22.1. The summed E-state index contributed by atoms with van der Waals surface area (Å²) in [5.41, 5.74) is 4.00. The Morgan fingerprint density at radius 3 is 2.69 bits per heavy atom. The van der Waals surface area contributed by atoms with Gasteiger partial charge in [-0.1, -0.05) is 31.0 Å². The fourth-order valence-electron chi connectivity index (χ4n) is 4.81. The number of ketones is 1. The molecule has 2 N–H and O–H groups in total. The van der Waals surface area contributed by atoms with Crippen molar-refractivity contribution in [3.05, 3.63) is 65.2 Å². The van der Waals surface area contributed by atoms with Gasteiger partial charge in [-0.3, -0.25) is 9.59 Å². The highest BCUT2D eigenvalue weighted by Gasteiger charge is 2.28. The summed E-state index contributed by atoms with van der Waals surface area (Å²) in [6, 6.07) is 13.2. The summed E-state index contributed by atoms with van der Waals surface area (Å²) in [5, 5.41) is 6.47. The molecule has 0 spiro atoms. The monoisotopic (exact) mass is 432 g/mol. The number of amides is 1. The molecule has 0 bridgehead atoms. The molecule has 32 heavy (non-hydrogen) atoms. The smallest absolute Gasteiger partial charge is 0.224 e. The van der Waals surface area contributed by atoms with Crippen LogP contribution in [0.2, 0.25) is 0 Å². The number of hydrogen-bond donors (Lipinski definition) is 2. The van der Waals surface area contributed by atoms with Crippen LogP contribution in [0.15, 0.2) is 48.5 Å². The maximum atomic E-state index is 13.1. The Kier molecular flexibility index (Phi) is 6.35. The molecule has 1 saturated carbocycles. The van der Waals surface area contributed by atoms with E-state index in [0.29, 0.717) is 23.6 Å². The third-order valence-corrected chi connectivity index (χ3v) is 6.37. The number of carbonyl (C=O) groups is 2. The average molecular weight is 433 g/mol. The normalized spacial score (nSPS) is 18.7. The van der Waals surface area contributed by atoms with Gasteiger partial charge in [0.15, 0.2) is 5.78 Å². The molecular weight excluding hydrogens is 400 g/mol. The van der Waals surface area contributed by atoms with Gasteiger partial charge in [0.2, 0.25) is 5.91 Å². The van der Waals surface area contributed by atoms with Crippen LogP contribution >= 0.6 is 0 Å². The van der Waals surface area contributed by atoms with Crippen molar-refractivity contribution < 1.29 is 14.3 Å². The molecule has 0 unspecified atom stereocenters. The molecule has 1 amide bonds. The quantitative estimate of drug-likeness (QED) is 0.476. The number of anilines is 1. The number of rotatable bonds is 6. The highest BCUT2D eigenvalue weighted by Crippen LogP contribution is 2.32. The van der Waals surface area contributed by atoms with Crippen LogP contribution in [0.4, 0.5) is 5.69 Å². The number of benzene rings is 2. The molecule has 1 heterocycles. The predicted octanol–water partition coefficient (Wildman–Crippen LogP) is 5.36. The molecule has 5 heteroatoms. The maximum absolute atomic E-state index is 13.1. The molecule has 2 aromatic carbocycles. The Labute approximate surface area is 190 Å². The Morgan fingerprint density at radius 2 is 1.94 bits per heavy atom. The van der Waals surface area contributed by atoms with E-state index in [-0.39, 0.29) is 17.2 Å². The van der Waals surface area contributed by atoms with Crippen molar-refractivity contribution in [2.24, 2.45) is 5.92 Å². The highest BCUT2D eigenvalue weighted by atomic mass is 16.5. The van der Waals surface area contributed by atoms with E-state index in [1.54, 1.807) is 25.3 Å². The topological polar surface area (TPSA) is 67.4 Å². The number of methoxy groups -OCH3 is 1. The van der Waals surface area contributed by atoms with Crippen LogP contribution in [-0.4, -0.2) is 24.3 Å². The first-order valence-electron chi connectivity index (χ1n) is 11.4. The van der Waals surface area contributed by atoms with Crippen LogP contribution in [0.25, 0.3) is 5.70 Å². The van der Waals surface area contributed by atoms with Crippen LogP contribution in [0, 0.1) is 5.92 Å². The van der Waals surface area contributed by atoms with E-state index in [0.717, 1.165) is 36.3 Å². The second-order valence-electron chi connectivity index (χ2n) is 9.61. The Hall–Kier alpha value is -3.08. The zero-order valence-electron chi connectivity index (χ0n) is 19.2. The lowest BCUT2D eigenvalue weighted by atomic mass is 9.85.